The second-order valence-electron chi connectivity index (χ2n) is 3.63. The van der Waals surface area contributed by atoms with Crippen LogP contribution in [0.25, 0.3) is 0 Å². The number of hydrogen-bond donors (Lipinski definition) is 1. The Morgan fingerprint density at radius 1 is 1.44 bits per heavy atom. The summed E-state index contributed by atoms with van der Waals surface area (Å²) >= 11 is 5.83. The molecule has 1 rings (SSSR count). The van der Waals surface area contributed by atoms with Gasteiger partial charge in [0.15, 0.2) is 0 Å². The smallest absolute Gasteiger partial charge is 0.252 e. The van der Waals surface area contributed by atoms with Crippen LogP contribution in [0.1, 0.15) is 5.56 Å². The van der Waals surface area contributed by atoms with Crippen molar-refractivity contribution in [3.05, 3.63) is 28.8 Å². The number of nitrogens with zero attached hydrogens (tertiary/aromatic N) is 1. The van der Waals surface area contributed by atoms with E-state index in [4.69, 9.17) is 17.3 Å². The van der Waals surface area contributed by atoms with Crippen molar-refractivity contribution in [2.24, 2.45) is 5.73 Å². The fraction of sp³-hybridized carbons (Fsp3) is 0.400. The lowest BCUT2D eigenvalue weighted by Gasteiger charge is -2.17. The van der Waals surface area contributed by atoms with Crippen LogP contribution in [0.3, 0.4) is 0 Å². The van der Waals surface area contributed by atoms with Crippen molar-refractivity contribution in [2.75, 3.05) is 13.6 Å². The van der Waals surface area contributed by atoms with E-state index in [1.165, 1.54) is 18.2 Å². The quantitative estimate of drug-likeness (QED) is 0.899. The van der Waals surface area contributed by atoms with Gasteiger partial charge in [0.05, 0.1) is 11.4 Å². The van der Waals surface area contributed by atoms with Crippen LogP contribution >= 0.6 is 11.6 Å². The Morgan fingerprint density at radius 2 is 2.06 bits per heavy atom. The van der Waals surface area contributed by atoms with Crippen LogP contribution in [0.4, 0.5) is 8.78 Å². The van der Waals surface area contributed by atoms with E-state index in [9.17, 15) is 17.2 Å². The molecule has 0 aliphatic rings. The maximum atomic E-state index is 12.2. The first-order valence-corrected chi connectivity index (χ1v) is 6.84. The van der Waals surface area contributed by atoms with Crippen molar-refractivity contribution in [3.8, 4) is 0 Å². The second kappa shape index (κ2) is 5.92. The Bertz CT molecular complexity index is 523. The summed E-state index contributed by atoms with van der Waals surface area (Å²) in [6.45, 7) is -0.690. The maximum absolute atomic E-state index is 12.2. The van der Waals surface area contributed by atoms with Gasteiger partial charge in [-0.25, -0.2) is 17.2 Å². The Labute approximate surface area is 109 Å². The summed E-state index contributed by atoms with van der Waals surface area (Å²) in [5.41, 5.74) is 5.98. The van der Waals surface area contributed by atoms with Gasteiger partial charge < -0.3 is 5.73 Å². The van der Waals surface area contributed by atoms with Crippen LogP contribution in [0, 0.1) is 0 Å². The highest BCUT2D eigenvalue weighted by molar-refractivity contribution is 7.89. The average Bonchev–Trinajstić information content (AvgIpc) is 2.27. The first-order valence-electron chi connectivity index (χ1n) is 5.02. The van der Waals surface area contributed by atoms with Crippen LogP contribution in [0.15, 0.2) is 23.1 Å². The van der Waals surface area contributed by atoms with Gasteiger partial charge in [-0.15, -0.1) is 0 Å². The van der Waals surface area contributed by atoms with Crippen molar-refractivity contribution in [1.82, 2.24) is 4.31 Å². The van der Waals surface area contributed by atoms with E-state index in [0.29, 0.717) is 9.87 Å². The lowest BCUT2D eigenvalue weighted by Crippen LogP contribution is -2.31. The Hall–Kier alpha value is -0.760. The van der Waals surface area contributed by atoms with Gasteiger partial charge in [0.25, 0.3) is 6.43 Å². The van der Waals surface area contributed by atoms with Crippen LogP contribution in [-0.2, 0) is 16.6 Å². The maximum Gasteiger partial charge on any atom is 0.252 e. The summed E-state index contributed by atoms with van der Waals surface area (Å²) in [7, 11) is -2.86. The van der Waals surface area contributed by atoms with Crippen molar-refractivity contribution in [3.63, 3.8) is 0 Å². The Morgan fingerprint density at radius 3 is 2.50 bits per heavy atom. The van der Waals surface area contributed by atoms with Gasteiger partial charge in [-0.05, 0) is 17.7 Å². The fourth-order valence-electron chi connectivity index (χ4n) is 1.33. The third-order valence-electron chi connectivity index (χ3n) is 2.35. The van der Waals surface area contributed by atoms with Gasteiger partial charge in [-0.2, -0.15) is 4.31 Å². The van der Waals surface area contributed by atoms with Crippen molar-refractivity contribution >= 4 is 21.6 Å². The van der Waals surface area contributed by atoms with Crippen LogP contribution in [0.5, 0.6) is 0 Å². The zero-order chi connectivity index (χ0) is 13.9. The van der Waals surface area contributed by atoms with Crippen LogP contribution < -0.4 is 5.73 Å². The molecule has 4 nitrogen and oxygen atoms in total. The standard InChI is InChI=1S/C10H13ClF2N2O2S/c1-15(6-10(12)13)18(16,17)8-3-2-7(5-14)9(11)4-8/h2-4,10H,5-6,14H2,1H3. The minimum Gasteiger partial charge on any atom is -0.326 e. The van der Waals surface area contributed by atoms with Crippen LogP contribution in [0.2, 0.25) is 5.02 Å². The number of halogens is 3. The minimum atomic E-state index is -3.95. The lowest BCUT2D eigenvalue weighted by atomic mass is 10.2. The predicted molar refractivity (Wildman–Crippen MR) is 65.2 cm³/mol. The molecule has 0 aromatic heterocycles. The number of hydrogen-bond acceptors (Lipinski definition) is 3. The average molecular weight is 299 g/mol. The Balaban J connectivity index is 3.09. The molecule has 1 aromatic rings. The summed E-state index contributed by atoms with van der Waals surface area (Å²) in [5, 5.41) is 0.198. The highest BCUT2D eigenvalue weighted by atomic mass is 35.5. The summed E-state index contributed by atoms with van der Waals surface area (Å²) in [4.78, 5) is -0.132. The molecular weight excluding hydrogens is 286 g/mol. The van der Waals surface area contributed by atoms with Gasteiger partial charge in [0.1, 0.15) is 0 Å². The SMILES string of the molecule is CN(CC(F)F)S(=O)(=O)c1ccc(CN)c(Cl)c1. The molecule has 0 heterocycles. The molecule has 2 N–H and O–H groups in total. The van der Waals surface area contributed by atoms with E-state index in [1.54, 1.807) is 0 Å². The van der Waals surface area contributed by atoms with E-state index in [2.05, 4.69) is 0 Å². The summed E-state index contributed by atoms with van der Waals surface area (Å²) in [6.07, 6.45) is -2.73. The van der Waals surface area contributed by atoms with Gasteiger partial charge in [0.2, 0.25) is 10.0 Å². The number of benzene rings is 1. The molecule has 0 bridgehead atoms. The minimum absolute atomic E-state index is 0.132. The van der Waals surface area contributed by atoms with Crippen molar-refractivity contribution < 1.29 is 17.2 Å². The highest BCUT2D eigenvalue weighted by Crippen LogP contribution is 2.22. The number of sulfonamides is 1. The first-order chi connectivity index (χ1) is 8.28. The molecule has 0 amide bonds. The third kappa shape index (κ3) is 3.38. The fourth-order valence-corrected chi connectivity index (χ4v) is 2.82. The summed E-state index contributed by atoms with van der Waals surface area (Å²) in [5.74, 6) is 0. The zero-order valence-electron chi connectivity index (χ0n) is 9.61. The molecule has 0 aliphatic heterocycles. The van der Waals surface area contributed by atoms with E-state index >= 15 is 0 Å². The van der Waals surface area contributed by atoms with E-state index in [-0.39, 0.29) is 16.5 Å². The number of rotatable bonds is 5. The van der Waals surface area contributed by atoms with Gasteiger partial charge in [0, 0.05) is 18.6 Å². The van der Waals surface area contributed by atoms with Crippen molar-refractivity contribution in [2.45, 2.75) is 17.9 Å². The molecule has 0 saturated carbocycles. The molecule has 8 heteroatoms. The first kappa shape index (κ1) is 15.3. The molecule has 102 valence electrons. The lowest BCUT2D eigenvalue weighted by molar-refractivity contribution is 0.126. The van der Waals surface area contributed by atoms with Gasteiger partial charge in [-0.3, -0.25) is 0 Å². The second-order valence-corrected chi connectivity index (χ2v) is 6.09. The molecule has 1 aromatic carbocycles. The monoisotopic (exact) mass is 298 g/mol. The number of nitrogens with two attached hydrogens (primary N) is 1. The van der Waals surface area contributed by atoms with E-state index in [0.717, 1.165) is 7.05 Å². The molecule has 0 fully saturated rings. The van der Waals surface area contributed by atoms with Gasteiger partial charge in [-0.1, -0.05) is 17.7 Å². The normalized spacial score (nSPS) is 12.4. The molecule has 0 radical (unpaired) electrons. The van der Waals surface area contributed by atoms with Gasteiger partial charge >= 0.3 is 0 Å². The van der Waals surface area contributed by atoms with Crippen molar-refractivity contribution in [1.29, 1.82) is 0 Å². The molecule has 0 atom stereocenters. The highest BCUT2D eigenvalue weighted by Gasteiger charge is 2.24. The number of alkyl halides is 2. The zero-order valence-corrected chi connectivity index (χ0v) is 11.2. The van der Waals surface area contributed by atoms with E-state index in [1.807, 2.05) is 0 Å². The molecule has 0 aliphatic carbocycles. The Kier molecular flexibility index (Phi) is 5.03. The molecule has 0 unspecified atom stereocenters. The van der Waals surface area contributed by atoms with Crippen LogP contribution in [-0.4, -0.2) is 32.7 Å². The third-order valence-corrected chi connectivity index (χ3v) is 4.52. The molecular formula is C10H13ClF2N2O2S. The molecule has 18 heavy (non-hydrogen) atoms. The molecule has 0 saturated heterocycles. The summed E-state index contributed by atoms with van der Waals surface area (Å²) < 4.78 is 48.8. The summed E-state index contributed by atoms with van der Waals surface area (Å²) in [6, 6.07) is 3.97. The molecule has 0 spiro atoms. The largest absolute Gasteiger partial charge is 0.326 e. The predicted octanol–water partition coefficient (Wildman–Crippen LogP) is 1.68. The van der Waals surface area contributed by atoms with E-state index < -0.39 is 23.0 Å². The topological polar surface area (TPSA) is 63.4 Å².